The van der Waals surface area contributed by atoms with Crippen molar-refractivity contribution in [2.24, 2.45) is 5.92 Å². The van der Waals surface area contributed by atoms with Crippen molar-refractivity contribution >= 4 is 21.9 Å². The zero-order valence-corrected chi connectivity index (χ0v) is 13.8. The SMILES string of the molecule is C=CCCC(NC(=O)C(C(C)C)N1CCCS1(=O)=O)C(=O)O. The lowest BCUT2D eigenvalue weighted by Crippen LogP contribution is -2.54. The lowest BCUT2D eigenvalue weighted by Gasteiger charge is -2.29. The highest BCUT2D eigenvalue weighted by Gasteiger charge is 2.40. The zero-order valence-electron chi connectivity index (χ0n) is 13.0. The number of aliphatic carboxylic acids is 1. The van der Waals surface area contributed by atoms with Crippen LogP contribution in [0.1, 0.15) is 33.1 Å². The Labute approximate surface area is 131 Å². The van der Waals surface area contributed by atoms with Crippen LogP contribution in [0.3, 0.4) is 0 Å². The first-order valence-corrected chi connectivity index (χ1v) is 8.95. The van der Waals surface area contributed by atoms with E-state index in [0.717, 1.165) is 0 Å². The number of sulfonamides is 1. The van der Waals surface area contributed by atoms with E-state index in [4.69, 9.17) is 5.11 Å². The summed E-state index contributed by atoms with van der Waals surface area (Å²) < 4.78 is 25.2. The quantitative estimate of drug-likeness (QED) is 0.633. The molecule has 0 saturated carbocycles. The molecule has 1 amide bonds. The second kappa shape index (κ2) is 7.73. The van der Waals surface area contributed by atoms with Crippen LogP contribution >= 0.6 is 0 Å². The molecule has 126 valence electrons. The number of nitrogens with zero attached hydrogens (tertiary/aromatic N) is 1. The lowest BCUT2D eigenvalue weighted by molar-refractivity contribution is -0.142. The van der Waals surface area contributed by atoms with Crippen molar-refractivity contribution in [3.8, 4) is 0 Å². The molecule has 0 radical (unpaired) electrons. The maximum absolute atomic E-state index is 12.4. The highest BCUT2D eigenvalue weighted by molar-refractivity contribution is 7.89. The zero-order chi connectivity index (χ0) is 16.9. The number of nitrogens with one attached hydrogen (secondary N) is 1. The Bertz CT molecular complexity index is 529. The minimum atomic E-state index is -3.44. The Morgan fingerprint density at radius 3 is 2.45 bits per heavy atom. The van der Waals surface area contributed by atoms with Gasteiger partial charge in [-0.15, -0.1) is 6.58 Å². The fraction of sp³-hybridized carbons (Fsp3) is 0.714. The van der Waals surface area contributed by atoms with Crippen molar-refractivity contribution in [2.45, 2.75) is 45.2 Å². The van der Waals surface area contributed by atoms with Gasteiger partial charge in [0.15, 0.2) is 0 Å². The lowest BCUT2D eigenvalue weighted by atomic mass is 10.0. The third-order valence-electron chi connectivity index (χ3n) is 3.62. The molecule has 8 heteroatoms. The van der Waals surface area contributed by atoms with Crippen LogP contribution in [-0.4, -0.2) is 54.1 Å². The second-order valence-corrected chi connectivity index (χ2v) is 7.78. The number of carbonyl (C=O) groups is 2. The molecule has 0 aromatic rings. The smallest absolute Gasteiger partial charge is 0.326 e. The molecule has 2 N–H and O–H groups in total. The van der Waals surface area contributed by atoms with Crippen molar-refractivity contribution in [3.63, 3.8) is 0 Å². The minimum Gasteiger partial charge on any atom is -0.480 e. The summed E-state index contributed by atoms with van der Waals surface area (Å²) >= 11 is 0. The molecule has 7 nitrogen and oxygen atoms in total. The van der Waals surface area contributed by atoms with Gasteiger partial charge in [0.1, 0.15) is 12.1 Å². The number of carboxylic acids is 1. The van der Waals surface area contributed by atoms with E-state index < -0.39 is 34.0 Å². The topological polar surface area (TPSA) is 104 Å². The summed E-state index contributed by atoms with van der Waals surface area (Å²) in [6, 6.07) is -1.92. The Morgan fingerprint density at radius 1 is 1.41 bits per heavy atom. The first-order valence-electron chi connectivity index (χ1n) is 7.34. The maximum Gasteiger partial charge on any atom is 0.326 e. The van der Waals surface area contributed by atoms with E-state index in [2.05, 4.69) is 11.9 Å². The van der Waals surface area contributed by atoms with Crippen LogP contribution in [0.25, 0.3) is 0 Å². The largest absolute Gasteiger partial charge is 0.480 e. The van der Waals surface area contributed by atoms with Crippen LogP contribution in [0.2, 0.25) is 0 Å². The molecular weight excluding hydrogens is 308 g/mol. The normalized spacial score (nSPS) is 20.5. The fourth-order valence-electron chi connectivity index (χ4n) is 2.54. The molecule has 22 heavy (non-hydrogen) atoms. The molecule has 1 saturated heterocycles. The molecule has 1 aliphatic heterocycles. The van der Waals surface area contributed by atoms with Crippen LogP contribution in [0.5, 0.6) is 0 Å². The number of allylic oxidation sites excluding steroid dienone is 1. The van der Waals surface area contributed by atoms with Gasteiger partial charge in [0.25, 0.3) is 0 Å². The number of hydrogen-bond acceptors (Lipinski definition) is 4. The Hall–Kier alpha value is -1.41. The van der Waals surface area contributed by atoms with Crippen LogP contribution in [0.4, 0.5) is 0 Å². The second-order valence-electron chi connectivity index (χ2n) is 5.73. The van der Waals surface area contributed by atoms with E-state index in [9.17, 15) is 18.0 Å². The first-order chi connectivity index (χ1) is 10.2. The number of amides is 1. The minimum absolute atomic E-state index is 0.0301. The molecular formula is C14H24N2O5S. The molecule has 0 aliphatic carbocycles. The highest BCUT2D eigenvalue weighted by atomic mass is 32.2. The predicted octanol–water partition coefficient (Wildman–Crippen LogP) is 0.582. The number of hydrogen-bond donors (Lipinski definition) is 2. The molecule has 0 bridgehead atoms. The number of carbonyl (C=O) groups excluding carboxylic acids is 1. The van der Waals surface area contributed by atoms with Crippen LogP contribution < -0.4 is 5.32 Å². The molecule has 1 aliphatic rings. The predicted molar refractivity (Wildman–Crippen MR) is 82.7 cm³/mol. The molecule has 0 aromatic heterocycles. The number of carboxylic acid groups (broad SMARTS) is 1. The van der Waals surface area contributed by atoms with Crippen molar-refractivity contribution in [1.29, 1.82) is 0 Å². The van der Waals surface area contributed by atoms with Gasteiger partial charge in [-0.3, -0.25) is 4.79 Å². The average Bonchev–Trinajstić information content (AvgIpc) is 2.74. The van der Waals surface area contributed by atoms with Gasteiger partial charge in [-0.2, -0.15) is 4.31 Å². The summed E-state index contributed by atoms with van der Waals surface area (Å²) in [5.41, 5.74) is 0. The Balaban J connectivity index is 2.89. The summed E-state index contributed by atoms with van der Waals surface area (Å²) in [4.78, 5) is 23.6. The van der Waals surface area contributed by atoms with Gasteiger partial charge in [0.2, 0.25) is 15.9 Å². The van der Waals surface area contributed by atoms with Gasteiger partial charge >= 0.3 is 5.97 Å². The molecule has 2 unspecified atom stereocenters. The van der Waals surface area contributed by atoms with Crippen LogP contribution in [0, 0.1) is 5.92 Å². The van der Waals surface area contributed by atoms with Gasteiger partial charge in [-0.1, -0.05) is 19.9 Å². The number of rotatable bonds is 8. The monoisotopic (exact) mass is 332 g/mol. The van der Waals surface area contributed by atoms with Crippen LogP contribution in [0.15, 0.2) is 12.7 Å². The van der Waals surface area contributed by atoms with Crippen molar-refractivity contribution in [3.05, 3.63) is 12.7 Å². The first kappa shape index (κ1) is 18.6. The standard InChI is InChI=1S/C14H24N2O5S/c1-4-5-7-11(14(18)19)15-13(17)12(10(2)3)16-8-6-9-22(16,20)21/h4,10-12H,1,5-9H2,2-3H3,(H,15,17)(H,18,19). The summed E-state index contributed by atoms with van der Waals surface area (Å²) in [6.07, 6.45) is 2.73. The van der Waals surface area contributed by atoms with E-state index in [-0.39, 0.29) is 18.1 Å². The molecule has 1 heterocycles. The molecule has 2 atom stereocenters. The van der Waals surface area contributed by atoms with Gasteiger partial charge in [0.05, 0.1) is 5.75 Å². The van der Waals surface area contributed by atoms with Gasteiger partial charge < -0.3 is 10.4 Å². The fourth-order valence-corrected chi connectivity index (χ4v) is 4.36. The van der Waals surface area contributed by atoms with E-state index in [0.29, 0.717) is 19.4 Å². The van der Waals surface area contributed by atoms with Crippen molar-refractivity contribution in [1.82, 2.24) is 9.62 Å². The van der Waals surface area contributed by atoms with Gasteiger partial charge in [-0.25, -0.2) is 13.2 Å². The van der Waals surface area contributed by atoms with E-state index in [1.165, 1.54) is 4.31 Å². The third kappa shape index (κ3) is 4.54. The van der Waals surface area contributed by atoms with Crippen molar-refractivity contribution in [2.75, 3.05) is 12.3 Å². The summed E-state index contributed by atoms with van der Waals surface area (Å²) in [5.74, 6) is -1.91. The van der Waals surface area contributed by atoms with E-state index in [1.54, 1.807) is 19.9 Å². The molecule has 0 spiro atoms. The third-order valence-corrected chi connectivity index (χ3v) is 5.55. The van der Waals surface area contributed by atoms with E-state index >= 15 is 0 Å². The summed E-state index contributed by atoms with van der Waals surface area (Å²) in [5, 5.41) is 11.6. The van der Waals surface area contributed by atoms with Gasteiger partial charge in [-0.05, 0) is 25.2 Å². The Morgan fingerprint density at radius 2 is 2.05 bits per heavy atom. The molecule has 1 rings (SSSR count). The molecule has 0 aromatic carbocycles. The maximum atomic E-state index is 12.4. The summed E-state index contributed by atoms with van der Waals surface area (Å²) in [6.45, 7) is 7.31. The highest BCUT2D eigenvalue weighted by Crippen LogP contribution is 2.22. The van der Waals surface area contributed by atoms with E-state index in [1.807, 2.05) is 0 Å². The summed E-state index contributed by atoms with van der Waals surface area (Å²) in [7, 11) is -3.44. The molecule has 1 fully saturated rings. The Kier molecular flexibility index (Phi) is 6.55. The van der Waals surface area contributed by atoms with Crippen molar-refractivity contribution < 1.29 is 23.1 Å². The van der Waals surface area contributed by atoms with Crippen LogP contribution in [-0.2, 0) is 19.6 Å². The average molecular weight is 332 g/mol. The van der Waals surface area contributed by atoms with Gasteiger partial charge in [0, 0.05) is 6.54 Å².